The summed E-state index contributed by atoms with van der Waals surface area (Å²) in [5.41, 5.74) is 1.22. The number of hydrogen-bond donors (Lipinski definition) is 2. The molecule has 1 aromatic carbocycles. The fourth-order valence-corrected chi connectivity index (χ4v) is 2.55. The third kappa shape index (κ3) is 2.67. The normalized spacial score (nSPS) is 13.5. The minimum absolute atomic E-state index is 0.0223. The average molecular weight is 316 g/mol. The van der Waals surface area contributed by atoms with Gasteiger partial charge in [0.15, 0.2) is 6.29 Å². The van der Waals surface area contributed by atoms with Gasteiger partial charge in [0.1, 0.15) is 24.0 Å². The topological polar surface area (TPSA) is 67.5 Å². The Kier molecular flexibility index (Phi) is 4.02. The summed E-state index contributed by atoms with van der Waals surface area (Å²) in [6.07, 6.45) is 3.77. The molecule has 3 rings (SSSR count). The summed E-state index contributed by atoms with van der Waals surface area (Å²) in [5, 5.41) is 18.5. The van der Waals surface area contributed by atoms with Crippen molar-refractivity contribution in [2.45, 2.75) is 19.6 Å². The molecular formula is C17H17FN2O3. The van der Waals surface area contributed by atoms with Crippen molar-refractivity contribution in [1.82, 2.24) is 9.55 Å². The van der Waals surface area contributed by atoms with Gasteiger partial charge in [-0.15, -0.1) is 0 Å². The van der Waals surface area contributed by atoms with Gasteiger partial charge in [-0.3, -0.25) is 0 Å². The molecule has 0 radical (unpaired) electrons. The summed E-state index contributed by atoms with van der Waals surface area (Å²) < 4.78 is 22.0. The molecule has 2 aromatic rings. The molecule has 1 aliphatic heterocycles. The Morgan fingerprint density at radius 3 is 2.87 bits per heavy atom. The zero-order chi connectivity index (χ0) is 16.6. The first-order valence-corrected chi connectivity index (χ1v) is 7.27. The zero-order valence-electron chi connectivity index (χ0n) is 12.7. The number of aryl methyl sites for hydroxylation is 1. The van der Waals surface area contributed by atoms with Gasteiger partial charge in [-0.05, 0) is 18.2 Å². The standard InChI is InChI=1S/C17H17FN2O3/c1-3-15-19-13(8-20(15)4-2)11-5-6-14-12(16(11)18)7-10(9-23-14)17(21)22/h4-8,17,21-22H,2-3,9H2,1H3. The van der Waals surface area contributed by atoms with Gasteiger partial charge < -0.3 is 19.5 Å². The molecule has 0 saturated carbocycles. The predicted octanol–water partition coefficient (Wildman–Crippen LogP) is 2.44. The monoisotopic (exact) mass is 316 g/mol. The fourth-order valence-electron chi connectivity index (χ4n) is 2.55. The number of hydrogen-bond acceptors (Lipinski definition) is 4. The van der Waals surface area contributed by atoms with E-state index >= 15 is 0 Å². The van der Waals surface area contributed by atoms with E-state index in [2.05, 4.69) is 11.6 Å². The number of aromatic nitrogens is 2. The quantitative estimate of drug-likeness (QED) is 0.850. The Morgan fingerprint density at radius 1 is 1.48 bits per heavy atom. The smallest absolute Gasteiger partial charge is 0.177 e. The molecule has 0 aliphatic carbocycles. The summed E-state index contributed by atoms with van der Waals surface area (Å²) >= 11 is 0. The van der Waals surface area contributed by atoms with Gasteiger partial charge in [0.05, 0.1) is 11.3 Å². The number of fused-ring (bicyclic) bond motifs is 1. The molecule has 6 heteroatoms. The van der Waals surface area contributed by atoms with E-state index in [1.54, 1.807) is 29.1 Å². The minimum Gasteiger partial charge on any atom is -0.488 e. The van der Waals surface area contributed by atoms with Crippen LogP contribution in [0.25, 0.3) is 23.5 Å². The Hall–Kier alpha value is -2.44. The highest BCUT2D eigenvalue weighted by atomic mass is 19.1. The SMILES string of the molecule is C=Cn1cc(-c2ccc3c(c2F)C=C(C(O)O)CO3)nc1CC. The van der Waals surface area contributed by atoms with Crippen LogP contribution in [0.4, 0.5) is 4.39 Å². The van der Waals surface area contributed by atoms with Crippen LogP contribution < -0.4 is 4.74 Å². The van der Waals surface area contributed by atoms with Crippen LogP contribution in [0.5, 0.6) is 5.75 Å². The van der Waals surface area contributed by atoms with Crippen LogP contribution in [-0.2, 0) is 6.42 Å². The van der Waals surface area contributed by atoms with Gasteiger partial charge in [-0.25, -0.2) is 9.37 Å². The zero-order valence-corrected chi connectivity index (χ0v) is 12.7. The van der Waals surface area contributed by atoms with Gasteiger partial charge in [0, 0.05) is 30.0 Å². The van der Waals surface area contributed by atoms with Crippen molar-refractivity contribution in [2.24, 2.45) is 0 Å². The van der Waals surface area contributed by atoms with Crippen LogP contribution in [0.15, 0.2) is 30.5 Å². The van der Waals surface area contributed by atoms with Crippen molar-refractivity contribution < 1.29 is 19.3 Å². The molecule has 0 spiro atoms. The molecular weight excluding hydrogens is 299 g/mol. The number of nitrogens with zero attached hydrogens (tertiary/aromatic N) is 2. The molecule has 0 amide bonds. The van der Waals surface area contributed by atoms with Crippen molar-refractivity contribution in [3.05, 3.63) is 47.7 Å². The lowest BCUT2D eigenvalue weighted by Gasteiger charge is -2.20. The number of ether oxygens (including phenoxy) is 1. The van der Waals surface area contributed by atoms with Crippen LogP contribution in [-0.4, -0.2) is 32.7 Å². The second-order valence-corrected chi connectivity index (χ2v) is 5.21. The van der Waals surface area contributed by atoms with Crippen molar-refractivity contribution in [3.8, 4) is 17.0 Å². The summed E-state index contributed by atoms with van der Waals surface area (Å²) in [5.74, 6) is 0.650. The highest BCUT2D eigenvalue weighted by Gasteiger charge is 2.22. The van der Waals surface area contributed by atoms with Crippen molar-refractivity contribution in [2.75, 3.05) is 6.61 Å². The second-order valence-electron chi connectivity index (χ2n) is 5.21. The van der Waals surface area contributed by atoms with E-state index in [-0.39, 0.29) is 17.7 Å². The van der Waals surface area contributed by atoms with Crippen LogP contribution in [0.1, 0.15) is 18.3 Å². The maximum atomic E-state index is 14.9. The number of benzene rings is 1. The Labute approximate surface area is 133 Å². The Balaban J connectivity index is 2.11. The second kappa shape index (κ2) is 5.98. The lowest BCUT2D eigenvalue weighted by atomic mass is 10.0. The largest absolute Gasteiger partial charge is 0.488 e. The van der Waals surface area contributed by atoms with E-state index in [1.165, 1.54) is 6.08 Å². The third-order valence-electron chi connectivity index (χ3n) is 3.79. The van der Waals surface area contributed by atoms with Crippen LogP contribution in [0.3, 0.4) is 0 Å². The summed E-state index contributed by atoms with van der Waals surface area (Å²) in [6.45, 7) is 5.69. The summed E-state index contributed by atoms with van der Waals surface area (Å²) in [6, 6.07) is 3.26. The van der Waals surface area contributed by atoms with E-state index in [0.29, 0.717) is 23.4 Å². The lowest BCUT2D eigenvalue weighted by Crippen LogP contribution is -2.19. The fraction of sp³-hybridized carbons (Fsp3) is 0.235. The van der Waals surface area contributed by atoms with E-state index in [0.717, 1.165) is 5.82 Å². The number of rotatable bonds is 4. The average Bonchev–Trinajstić information content (AvgIpc) is 2.98. The molecule has 0 fully saturated rings. The first-order valence-electron chi connectivity index (χ1n) is 7.27. The third-order valence-corrected chi connectivity index (χ3v) is 3.79. The van der Waals surface area contributed by atoms with Crippen molar-refractivity contribution in [3.63, 3.8) is 0 Å². The van der Waals surface area contributed by atoms with Gasteiger partial charge in [-0.2, -0.15) is 0 Å². The minimum atomic E-state index is -1.67. The van der Waals surface area contributed by atoms with Gasteiger partial charge in [-0.1, -0.05) is 13.5 Å². The Bertz CT molecular complexity index is 793. The highest BCUT2D eigenvalue weighted by Crippen LogP contribution is 2.35. The molecule has 2 heterocycles. The number of halogens is 1. The van der Waals surface area contributed by atoms with Gasteiger partial charge in [0.25, 0.3) is 0 Å². The van der Waals surface area contributed by atoms with E-state index in [9.17, 15) is 14.6 Å². The number of imidazole rings is 1. The van der Waals surface area contributed by atoms with E-state index < -0.39 is 12.1 Å². The Morgan fingerprint density at radius 2 is 2.26 bits per heavy atom. The van der Waals surface area contributed by atoms with E-state index in [4.69, 9.17) is 4.74 Å². The van der Waals surface area contributed by atoms with Crippen molar-refractivity contribution in [1.29, 1.82) is 0 Å². The van der Waals surface area contributed by atoms with Crippen LogP contribution in [0, 0.1) is 5.82 Å². The van der Waals surface area contributed by atoms with Gasteiger partial charge in [0.2, 0.25) is 0 Å². The van der Waals surface area contributed by atoms with Gasteiger partial charge >= 0.3 is 0 Å². The lowest BCUT2D eigenvalue weighted by molar-refractivity contribution is -0.0133. The number of aliphatic hydroxyl groups excluding tert-OH is 1. The molecule has 23 heavy (non-hydrogen) atoms. The molecule has 0 saturated heterocycles. The molecule has 5 nitrogen and oxygen atoms in total. The maximum absolute atomic E-state index is 14.9. The first kappa shape index (κ1) is 15.5. The predicted molar refractivity (Wildman–Crippen MR) is 85.1 cm³/mol. The first-order chi connectivity index (χ1) is 11.0. The van der Waals surface area contributed by atoms with Crippen molar-refractivity contribution >= 4 is 12.3 Å². The molecule has 0 atom stereocenters. The number of aliphatic hydroxyl groups is 2. The van der Waals surface area contributed by atoms with Crippen LogP contribution >= 0.6 is 0 Å². The maximum Gasteiger partial charge on any atom is 0.177 e. The van der Waals surface area contributed by atoms with E-state index in [1.807, 2.05) is 6.92 Å². The molecule has 1 aliphatic rings. The summed E-state index contributed by atoms with van der Waals surface area (Å²) in [7, 11) is 0. The van der Waals surface area contributed by atoms with Crippen LogP contribution in [0.2, 0.25) is 0 Å². The highest BCUT2D eigenvalue weighted by molar-refractivity contribution is 5.72. The summed E-state index contributed by atoms with van der Waals surface area (Å²) in [4.78, 5) is 4.43. The molecule has 0 bridgehead atoms. The molecule has 0 unspecified atom stereocenters. The molecule has 120 valence electrons. The molecule has 2 N–H and O–H groups in total. The molecule has 1 aromatic heterocycles.